The van der Waals surface area contributed by atoms with Gasteiger partial charge in [-0.1, -0.05) is 30.3 Å². The van der Waals surface area contributed by atoms with Crippen molar-refractivity contribution in [1.82, 2.24) is 10.2 Å². The summed E-state index contributed by atoms with van der Waals surface area (Å²) in [5.41, 5.74) is 6.02. The van der Waals surface area contributed by atoms with Gasteiger partial charge in [-0.3, -0.25) is 9.69 Å². The molecule has 0 aliphatic carbocycles. The van der Waals surface area contributed by atoms with E-state index >= 15 is 0 Å². The third-order valence-corrected chi connectivity index (χ3v) is 4.88. The highest BCUT2D eigenvalue weighted by Gasteiger charge is 2.32. The van der Waals surface area contributed by atoms with Crippen molar-refractivity contribution in [2.75, 3.05) is 32.8 Å². The van der Waals surface area contributed by atoms with Crippen LogP contribution in [0.3, 0.4) is 0 Å². The van der Waals surface area contributed by atoms with Crippen LogP contribution in [-0.2, 0) is 15.1 Å². The average Bonchev–Trinajstić information content (AvgIpc) is 3.09. The molecule has 1 aromatic heterocycles. The van der Waals surface area contributed by atoms with Crippen LogP contribution in [0.1, 0.15) is 30.0 Å². The number of hydrogen-bond donors (Lipinski definition) is 2. The molecular weight excluding hydrogens is 330 g/mol. The summed E-state index contributed by atoms with van der Waals surface area (Å²) in [6, 6.07) is 13.3. The lowest BCUT2D eigenvalue weighted by Gasteiger charge is -2.34. The molecule has 1 aliphatic heterocycles. The fraction of sp³-hybridized carbons (Fsp3) is 0.450. The van der Waals surface area contributed by atoms with Crippen LogP contribution >= 0.6 is 0 Å². The molecule has 2 atom stereocenters. The summed E-state index contributed by atoms with van der Waals surface area (Å²) in [6.45, 7) is 7.07. The van der Waals surface area contributed by atoms with Crippen LogP contribution in [0.2, 0.25) is 0 Å². The molecule has 0 spiro atoms. The van der Waals surface area contributed by atoms with Crippen LogP contribution in [0.4, 0.5) is 0 Å². The van der Waals surface area contributed by atoms with E-state index in [1.807, 2.05) is 49.4 Å². The van der Waals surface area contributed by atoms with Gasteiger partial charge in [0.1, 0.15) is 17.1 Å². The largest absolute Gasteiger partial charge is 0.465 e. The molecule has 2 heterocycles. The summed E-state index contributed by atoms with van der Waals surface area (Å²) in [4.78, 5) is 15.1. The maximum atomic E-state index is 12.8. The third-order valence-electron chi connectivity index (χ3n) is 4.88. The lowest BCUT2D eigenvalue weighted by molar-refractivity contribution is -0.126. The van der Waals surface area contributed by atoms with Crippen molar-refractivity contribution >= 4 is 5.91 Å². The van der Waals surface area contributed by atoms with Crippen LogP contribution in [0, 0.1) is 6.92 Å². The smallest absolute Gasteiger partial charge is 0.244 e. The number of furan rings is 1. The standard InChI is InChI=1S/C20H27N3O3/c1-15-8-9-18(26-15)17(23-10-12-25-13-11-23)14-22-19(24)20(2,21)16-6-4-3-5-7-16/h3-9,17H,10-14,21H2,1-2H3,(H,22,24). The number of hydrogen-bond acceptors (Lipinski definition) is 5. The topological polar surface area (TPSA) is 80.7 Å². The van der Waals surface area contributed by atoms with Gasteiger partial charge in [0.25, 0.3) is 0 Å². The second kappa shape index (κ2) is 8.03. The minimum absolute atomic E-state index is 0.0388. The lowest BCUT2D eigenvalue weighted by Crippen LogP contribution is -2.51. The van der Waals surface area contributed by atoms with E-state index in [2.05, 4.69) is 10.2 Å². The Bertz CT molecular complexity index is 721. The van der Waals surface area contributed by atoms with Gasteiger partial charge in [-0.2, -0.15) is 0 Å². The zero-order valence-electron chi connectivity index (χ0n) is 15.4. The Morgan fingerprint density at radius 3 is 2.54 bits per heavy atom. The van der Waals surface area contributed by atoms with E-state index in [4.69, 9.17) is 14.9 Å². The Morgan fingerprint density at radius 2 is 1.92 bits per heavy atom. The maximum Gasteiger partial charge on any atom is 0.244 e. The molecule has 2 aromatic rings. The number of aryl methyl sites for hydroxylation is 1. The highest BCUT2D eigenvalue weighted by Crippen LogP contribution is 2.24. The second-order valence-electron chi connectivity index (χ2n) is 6.89. The molecule has 1 aliphatic rings. The van der Waals surface area contributed by atoms with Crippen LogP contribution in [0.25, 0.3) is 0 Å². The molecule has 26 heavy (non-hydrogen) atoms. The summed E-state index contributed by atoms with van der Waals surface area (Å²) in [5, 5.41) is 3.02. The molecule has 2 unspecified atom stereocenters. The monoisotopic (exact) mass is 357 g/mol. The molecule has 1 fully saturated rings. The van der Waals surface area contributed by atoms with Gasteiger partial charge < -0.3 is 20.2 Å². The van der Waals surface area contributed by atoms with Gasteiger partial charge in [0, 0.05) is 19.6 Å². The van der Waals surface area contributed by atoms with E-state index < -0.39 is 5.54 Å². The van der Waals surface area contributed by atoms with Gasteiger partial charge in [0.15, 0.2) is 0 Å². The van der Waals surface area contributed by atoms with Gasteiger partial charge in [-0.05, 0) is 31.5 Å². The van der Waals surface area contributed by atoms with Crippen molar-refractivity contribution in [1.29, 1.82) is 0 Å². The zero-order valence-corrected chi connectivity index (χ0v) is 15.4. The van der Waals surface area contributed by atoms with Gasteiger partial charge in [0.05, 0.1) is 19.3 Å². The van der Waals surface area contributed by atoms with E-state index in [1.165, 1.54) is 0 Å². The maximum absolute atomic E-state index is 12.8. The zero-order chi connectivity index (χ0) is 18.6. The predicted molar refractivity (Wildman–Crippen MR) is 99.6 cm³/mol. The number of ether oxygens (including phenoxy) is 1. The van der Waals surface area contributed by atoms with Gasteiger partial charge >= 0.3 is 0 Å². The molecule has 3 rings (SSSR count). The van der Waals surface area contributed by atoms with E-state index in [1.54, 1.807) is 6.92 Å². The second-order valence-corrected chi connectivity index (χ2v) is 6.89. The predicted octanol–water partition coefficient (Wildman–Crippen LogP) is 1.95. The number of carbonyl (C=O) groups excluding carboxylic acids is 1. The molecule has 140 valence electrons. The van der Waals surface area contributed by atoms with Crippen molar-refractivity contribution in [3.63, 3.8) is 0 Å². The lowest BCUT2D eigenvalue weighted by atomic mass is 9.92. The first-order valence-electron chi connectivity index (χ1n) is 8.99. The Kier molecular flexibility index (Phi) is 5.76. The number of nitrogens with two attached hydrogens (primary N) is 1. The Labute approximate surface area is 154 Å². The third kappa shape index (κ3) is 4.15. The fourth-order valence-electron chi connectivity index (χ4n) is 3.22. The minimum atomic E-state index is -1.09. The normalized spacial score (nSPS) is 18.9. The SMILES string of the molecule is Cc1ccc(C(CNC(=O)C(C)(N)c2ccccc2)N2CCOCC2)o1. The van der Waals surface area contributed by atoms with Crippen molar-refractivity contribution in [2.45, 2.75) is 25.4 Å². The molecule has 1 amide bonds. The van der Waals surface area contributed by atoms with Crippen molar-refractivity contribution in [3.05, 3.63) is 59.5 Å². The number of benzene rings is 1. The van der Waals surface area contributed by atoms with Gasteiger partial charge in [0.2, 0.25) is 5.91 Å². The first kappa shape index (κ1) is 18.6. The fourth-order valence-corrected chi connectivity index (χ4v) is 3.22. The summed E-state index contributed by atoms with van der Waals surface area (Å²) < 4.78 is 11.3. The number of carbonyl (C=O) groups is 1. The molecular formula is C20H27N3O3. The van der Waals surface area contributed by atoms with Crippen LogP contribution in [0.15, 0.2) is 46.9 Å². The van der Waals surface area contributed by atoms with Crippen LogP contribution in [-0.4, -0.2) is 43.7 Å². The van der Waals surface area contributed by atoms with Crippen molar-refractivity contribution < 1.29 is 13.9 Å². The van der Waals surface area contributed by atoms with Crippen molar-refractivity contribution in [3.8, 4) is 0 Å². The summed E-state index contributed by atoms with van der Waals surface area (Å²) in [5.74, 6) is 1.51. The molecule has 0 saturated carbocycles. The average molecular weight is 357 g/mol. The van der Waals surface area contributed by atoms with E-state index in [0.29, 0.717) is 19.8 Å². The molecule has 6 heteroatoms. The van der Waals surface area contributed by atoms with Crippen molar-refractivity contribution in [2.24, 2.45) is 5.73 Å². The highest BCUT2D eigenvalue weighted by molar-refractivity contribution is 5.87. The Hall–Kier alpha value is -2.15. The first-order valence-corrected chi connectivity index (χ1v) is 8.99. The Balaban J connectivity index is 1.71. The molecule has 6 nitrogen and oxygen atoms in total. The van der Waals surface area contributed by atoms with Crippen LogP contribution < -0.4 is 11.1 Å². The summed E-state index contributed by atoms with van der Waals surface area (Å²) in [6.07, 6.45) is 0. The molecule has 1 aromatic carbocycles. The number of amides is 1. The first-order chi connectivity index (χ1) is 12.5. The molecule has 1 saturated heterocycles. The number of nitrogens with zero attached hydrogens (tertiary/aromatic N) is 1. The van der Waals surface area contributed by atoms with E-state index in [-0.39, 0.29) is 11.9 Å². The van der Waals surface area contributed by atoms with Gasteiger partial charge in [-0.15, -0.1) is 0 Å². The molecule has 3 N–H and O–H groups in total. The van der Waals surface area contributed by atoms with E-state index in [0.717, 1.165) is 30.2 Å². The van der Waals surface area contributed by atoms with Gasteiger partial charge in [-0.25, -0.2) is 0 Å². The van der Waals surface area contributed by atoms with E-state index in [9.17, 15) is 4.79 Å². The number of nitrogens with one attached hydrogen (secondary N) is 1. The quantitative estimate of drug-likeness (QED) is 0.826. The molecule has 0 bridgehead atoms. The van der Waals surface area contributed by atoms with Crippen LogP contribution in [0.5, 0.6) is 0 Å². The number of rotatable bonds is 6. The summed E-state index contributed by atoms with van der Waals surface area (Å²) in [7, 11) is 0. The Morgan fingerprint density at radius 1 is 1.23 bits per heavy atom. The minimum Gasteiger partial charge on any atom is -0.465 e. The molecule has 0 radical (unpaired) electrons. The number of morpholine rings is 1. The summed E-state index contributed by atoms with van der Waals surface area (Å²) >= 11 is 0. The highest BCUT2D eigenvalue weighted by atomic mass is 16.5.